The van der Waals surface area contributed by atoms with Crippen molar-refractivity contribution in [3.05, 3.63) is 38.2 Å². The second kappa shape index (κ2) is 5.30. The van der Waals surface area contributed by atoms with Gasteiger partial charge in [0.2, 0.25) is 0 Å². The zero-order valence-electron chi connectivity index (χ0n) is 9.27. The van der Waals surface area contributed by atoms with Crippen LogP contribution in [0.25, 0.3) is 0 Å². The maximum absolute atomic E-state index is 11.3. The molecule has 0 bridgehead atoms. The first-order valence-electron chi connectivity index (χ1n) is 5.11. The molecule has 2 heterocycles. The molecule has 7 heteroatoms. The van der Waals surface area contributed by atoms with Crippen LogP contribution in [0.15, 0.2) is 23.5 Å². The summed E-state index contributed by atoms with van der Waals surface area (Å²) < 4.78 is 2.35. The average Bonchev–Trinajstić information content (AvgIpc) is 2.70. The lowest BCUT2D eigenvalue weighted by molar-refractivity contribution is 0.767. The Morgan fingerprint density at radius 2 is 2.41 bits per heavy atom. The summed E-state index contributed by atoms with van der Waals surface area (Å²) in [6.07, 6.45) is 6.05. The van der Waals surface area contributed by atoms with Crippen LogP contribution in [0.1, 0.15) is 5.56 Å². The highest BCUT2D eigenvalue weighted by molar-refractivity contribution is 14.1. The van der Waals surface area contributed by atoms with Gasteiger partial charge in [0.05, 0.1) is 12.5 Å². The molecule has 0 radical (unpaired) electrons. The molecular weight excluding hydrogens is 333 g/mol. The number of halogens is 1. The highest BCUT2D eigenvalue weighted by atomic mass is 127. The molecule has 90 valence electrons. The van der Waals surface area contributed by atoms with E-state index in [0.29, 0.717) is 9.39 Å². The molecule has 0 saturated heterocycles. The smallest absolute Gasteiger partial charge is 0.266 e. The molecule has 0 aliphatic carbocycles. The van der Waals surface area contributed by atoms with Gasteiger partial charge in [0.1, 0.15) is 9.39 Å². The van der Waals surface area contributed by atoms with Crippen molar-refractivity contribution in [1.82, 2.24) is 19.7 Å². The van der Waals surface area contributed by atoms with E-state index >= 15 is 0 Å². The van der Waals surface area contributed by atoms with Crippen molar-refractivity contribution in [3.8, 4) is 0 Å². The van der Waals surface area contributed by atoms with Crippen molar-refractivity contribution in [3.63, 3.8) is 0 Å². The molecule has 2 rings (SSSR count). The fraction of sp³-hybridized carbons (Fsp3) is 0.300. The lowest BCUT2D eigenvalue weighted by atomic mass is 10.2. The van der Waals surface area contributed by atoms with Crippen LogP contribution < -0.4 is 10.9 Å². The van der Waals surface area contributed by atoms with E-state index in [9.17, 15) is 4.79 Å². The number of hydrogen-bond acceptors (Lipinski definition) is 4. The number of nitrogens with one attached hydrogen (secondary N) is 2. The Hall–Kier alpha value is -1.38. The minimum Gasteiger partial charge on any atom is -0.369 e. The first-order valence-corrected chi connectivity index (χ1v) is 6.19. The van der Waals surface area contributed by atoms with Gasteiger partial charge in [-0.1, -0.05) is 0 Å². The Bertz CT molecular complexity index is 562. The van der Waals surface area contributed by atoms with Crippen molar-refractivity contribution in [1.29, 1.82) is 0 Å². The maximum atomic E-state index is 11.3. The first kappa shape index (κ1) is 12.1. The monoisotopic (exact) mass is 345 g/mol. The third-order valence-electron chi connectivity index (χ3n) is 2.26. The Kier molecular flexibility index (Phi) is 3.77. The molecule has 2 aromatic heterocycles. The SMILES string of the molecule is Cn1cc(CCNc2nc[nH]c(=O)c2I)cn1. The molecule has 0 aliphatic rings. The standard InChI is InChI=1S/C10H12IN5O/c1-16-5-7(4-15-16)2-3-12-9-8(11)10(17)14-6-13-9/h4-6H,2-3H2,1H3,(H2,12,13,14,17). The van der Waals surface area contributed by atoms with E-state index in [4.69, 9.17) is 0 Å². The Morgan fingerprint density at radius 1 is 1.59 bits per heavy atom. The Balaban J connectivity index is 1.94. The Labute approximate surface area is 112 Å². The van der Waals surface area contributed by atoms with E-state index in [1.54, 1.807) is 4.68 Å². The molecule has 0 amide bonds. The van der Waals surface area contributed by atoms with Gasteiger partial charge in [-0.2, -0.15) is 5.10 Å². The number of aromatic nitrogens is 4. The summed E-state index contributed by atoms with van der Waals surface area (Å²) in [5.41, 5.74) is 1.03. The topological polar surface area (TPSA) is 75.6 Å². The molecule has 0 aliphatic heterocycles. The van der Waals surface area contributed by atoms with Crippen molar-refractivity contribution in [2.75, 3.05) is 11.9 Å². The van der Waals surface area contributed by atoms with Gasteiger partial charge in [-0.05, 0) is 34.6 Å². The third-order valence-corrected chi connectivity index (χ3v) is 3.26. The second-order valence-electron chi connectivity index (χ2n) is 3.59. The van der Waals surface area contributed by atoms with Crippen LogP contribution >= 0.6 is 22.6 Å². The summed E-state index contributed by atoms with van der Waals surface area (Å²) >= 11 is 1.98. The number of aromatic amines is 1. The van der Waals surface area contributed by atoms with Crippen LogP contribution in [-0.2, 0) is 13.5 Å². The molecule has 0 spiro atoms. The Morgan fingerprint density at radius 3 is 3.12 bits per heavy atom. The molecule has 0 aromatic carbocycles. The predicted molar refractivity (Wildman–Crippen MR) is 73.0 cm³/mol. The number of anilines is 1. The van der Waals surface area contributed by atoms with E-state index in [1.807, 2.05) is 42.0 Å². The maximum Gasteiger partial charge on any atom is 0.266 e. The molecule has 0 unspecified atom stereocenters. The van der Waals surface area contributed by atoms with Crippen LogP contribution in [-0.4, -0.2) is 26.3 Å². The van der Waals surface area contributed by atoms with Crippen LogP contribution in [0.5, 0.6) is 0 Å². The zero-order chi connectivity index (χ0) is 12.3. The van der Waals surface area contributed by atoms with Crippen molar-refractivity contribution in [2.24, 2.45) is 7.05 Å². The number of aryl methyl sites for hydroxylation is 1. The third kappa shape index (κ3) is 3.05. The molecule has 2 N–H and O–H groups in total. The largest absolute Gasteiger partial charge is 0.369 e. The highest BCUT2D eigenvalue weighted by Gasteiger charge is 2.04. The summed E-state index contributed by atoms with van der Waals surface area (Å²) in [7, 11) is 1.89. The minimum absolute atomic E-state index is 0.121. The molecule has 0 atom stereocenters. The molecule has 2 aromatic rings. The van der Waals surface area contributed by atoms with Crippen molar-refractivity contribution < 1.29 is 0 Å². The number of H-pyrrole nitrogens is 1. The van der Waals surface area contributed by atoms with Crippen LogP contribution in [0.3, 0.4) is 0 Å². The number of rotatable bonds is 4. The predicted octanol–water partition coefficient (Wildman–Crippen LogP) is 0.763. The second-order valence-corrected chi connectivity index (χ2v) is 4.67. The normalized spacial score (nSPS) is 10.5. The summed E-state index contributed by atoms with van der Waals surface area (Å²) in [4.78, 5) is 17.9. The highest BCUT2D eigenvalue weighted by Crippen LogP contribution is 2.08. The van der Waals surface area contributed by atoms with E-state index in [2.05, 4.69) is 20.4 Å². The molecule has 0 saturated carbocycles. The van der Waals surface area contributed by atoms with Gasteiger partial charge < -0.3 is 10.3 Å². The summed E-state index contributed by atoms with van der Waals surface area (Å²) in [6, 6.07) is 0. The lowest BCUT2D eigenvalue weighted by Gasteiger charge is -2.05. The van der Waals surface area contributed by atoms with E-state index in [1.165, 1.54) is 6.33 Å². The van der Waals surface area contributed by atoms with Gasteiger partial charge in [-0.25, -0.2) is 4.98 Å². The van der Waals surface area contributed by atoms with Crippen LogP contribution in [0.2, 0.25) is 0 Å². The number of hydrogen-bond donors (Lipinski definition) is 2. The van der Waals surface area contributed by atoms with Gasteiger partial charge in [-0.15, -0.1) is 0 Å². The van der Waals surface area contributed by atoms with Crippen LogP contribution in [0.4, 0.5) is 5.82 Å². The first-order chi connectivity index (χ1) is 8.16. The molecule has 0 fully saturated rings. The van der Waals surface area contributed by atoms with E-state index in [-0.39, 0.29) is 5.56 Å². The van der Waals surface area contributed by atoms with Gasteiger partial charge in [0.15, 0.2) is 0 Å². The quantitative estimate of drug-likeness (QED) is 0.803. The van der Waals surface area contributed by atoms with Crippen molar-refractivity contribution >= 4 is 28.4 Å². The molecule has 17 heavy (non-hydrogen) atoms. The van der Waals surface area contributed by atoms with Gasteiger partial charge in [-0.3, -0.25) is 9.48 Å². The fourth-order valence-electron chi connectivity index (χ4n) is 1.43. The number of nitrogens with zero attached hydrogens (tertiary/aromatic N) is 3. The van der Waals surface area contributed by atoms with Gasteiger partial charge >= 0.3 is 0 Å². The fourth-order valence-corrected chi connectivity index (χ4v) is 1.92. The van der Waals surface area contributed by atoms with Crippen LogP contribution in [0, 0.1) is 3.57 Å². The summed E-state index contributed by atoms with van der Waals surface area (Å²) in [5.74, 6) is 0.623. The van der Waals surface area contributed by atoms with Crippen molar-refractivity contribution in [2.45, 2.75) is 6.42 Å². The van der Waals surface area contributed by atoms with Gasteiger partial charge in [0, 0.05) is 19.8 Å². The lowest BCUT2D eigenvalue weighted by Crippen LogP contribution is -2.16. The summed E-state index contributed by atoms with van der Waals surface area (Å²) in [5, 5.41) is 7.23. The zero-order valence-corrected chi connectivity index (χ0v) is 11.4. The average molecular weight is 345 g/mol. The molecule has 6 nitrogen and oxygen atoms in total. The summed E-state index contributed by atoms with van der Waals surface area (Å²) in [6.45, 7) is 0.720. The van der Waals surface area contributed by atoms with Gasteiger partial charge in [0.25, 0.3) is 5.56 Å². The molecular formula is C10H12IN5O. The minimum atomic E-state index is -0.121. The van der Waals surface area contributed by atoms with E-state index < -0.39 is 0 Å². The van der Waals surface area contributed by atoms with E-state index in [0.717, 1.165) is 18.5 Å².